The van der Waals surface area contributed by atoms with E-state index in [4.69, 9.17) is 4.74 Å². The molecule has 9 heteroatoms. The number of sulfonamides is 1. The number of nitrogens with zero attached hydrogens (tertiary/aromatic N) is 1. The molecule has 1 unspecified atom stereocenters. The minimum Gasteiger partial charge on any atom is -0.376 e. The van der Waals surface area contributed by atoms with Crippen molar-refractivity contribution in [3.63, 3.8) is 0 Å². The Balaban J connectivity index is 1.64. The third-order valence-electron chi connectivity index (χ3n) is 3.93. The van der Waals surface area contributed by atoms with Crippen molar-refractivity contribution in [1.29, 1.82) is 0 Å². The molecule has 134 valence electrons. The molecule has 3 rings (SSSR count). The maximum absolute atomic E-state index is 12.4. The number of hydrogen-bond acceptors (Lipinski definition) is 5. The van der Waals surface area contributed by atoms with Crippen molar-refractivity contribution >= 4 is 15.9 Å². The zero-order valence-corrected chi connectivity index (χ0v) is 14.4. The highest BCUT2D eigenvalue weighted by Gasteiger charge is 2.19. The molecule has 0 bridgehead atoms. The summed E-state index contributed by atoms with van der Waals surface area (Å²) in [5.41, 5.74) is 0.941. The van der Waals surface area contributed by atoms with Crippen molar-refractivity contribution in [2.75, 3.05) is 13.2 Å². The van der Waals surface area contributed by atoms with Crippen LogP contribution in [-0.4, -0.2) is 43.8 Å². The third-order valence-corrected chi connectivity index (χ3v) is 5.33. The van der Waals surface area contributed by atoms with Crippen LogP contribution >= 0.6 is 0 Å². The number of amides is 1. The quantitative estimate of drug-likeness (QED) is 0.672. The summed E-state index contributed by atoms with van der Waals surface area (Å²) in [6, 6.07) is 7.62. The van der Waals surface area contributed by atoms with Gasteiger partial charge in [-0.05, 0) is 37.1 Å². The molecule has 2 heterocycles. The molecular formula is C16H20N4O4S. The average molecular weight is 364 g/mol. The summed E-state index contributed by atoms with van der Waals surface area (Å²) in [6.07, 6.45) is 3.50. The molecular weight excluding hydrogens is 344 g/mol. The molecule has 8 nitrogen and oxygen atoms in total. The van der Waals surface area contributed by atoms with Gasteiger partial charge in [-0.2, -0.15) is 5.10 Å². The van der Waals surface area contributed by atoms with Crippen LogP contribution in [0.25, 0.3) is 0 Å². The smallest absolute Gasteiger partial charge is 0.251 e. The third kappa shape index (κ3) is 4.65. The normalized spacial score (nSPS) is 17.5. The fraction of sp³-hybridized carbons (Fsp3) is 0.375. The van der Waals surface area contributed by atoms with Crippen molar-refractivity contribution < 1.29 is 17.9 Å². The minimum absolute atomic E-state index is 0.0342. The predicted octanol–water partition coefficient (Wildman–Crippen LogP) is 0.797. The maximum Gasteiger partial charge on any atom is 0.251 e. The maximum atomic E-state index is 12.4. The Hall–Kier alpha value is -2.23. The van der Waals surface area contributed by atoms with Gasteiger partial charge in [0.1, 0.15) is 0 Å². The Labute approximate surface area is 146 Å². The molecule has 1 aliphatic heterocycles. The number of carbonyl (C=O) groups is 1. The zero-order chi connectivity index (χ0) is 17.7. The van der Waals surface area contributed by atoms with E-state index in [9.17, 15) is 13.2 Å². The van der Waals surface area contributed by atoms with Gasteiger partial charge in [-0.25, -0.2) is 13.1 Å². The first-order valence-corrected chi connectivity index (χ1v) is 9.51. The molecule has 1 atom stereocenters. The molecule has 2 aromatic rings. The number of H-pyrrole nitrogens is 1. The molecule has 1 saturated heterocycles. The molecule has 1 amide bonds. The second-order valence-corrected chi connectivity index (χ2v) is 7.55. The Morgan fingerprint density at radius 1 is 1.36 bits per heavy atom. The Morgan fingerprint density at radius 3 is 2.96 bits per heavy atom. The lowest BCUT2D eigenvalue weighted by atomic mass is 10.2. The van der Waals surface area contributed by atoms with Crippen LogP contribution in [0.5, 0.6) is 0 Å². The summed E-state index contributed by atoms with van der Waals surface area (Å²) in [5, 5.41) is 9.23. The molecule has 0 aliphatic carbocycles. The van der Waals surface area contributed by atoms with Crippen LogP contribution in [0.3, 0.4) is 0 Å². The van der Waals surface area contributed by atoms with Crippen molar-refractivity contribution in [3.8, 4) is 0 Å². The van der Waals surface area contributed by atoms with Crippen LogP contribution in [0, 0.1) is 0 Å². The summed E-state index contributed by atoms with van der Waals surface area (Å²) < 4.78 is 32.7. The lowest BCUT2D eigenvalue weighted by Gasteiger charge is -2.11. The van der Waals surface area contributed by atoms with E-state index in [2.05, 4.69) is 20.2 Å². The van der Waals surface area contributed by atoms with Gasteiger partial charge in [0.05, 0.1) is 23.2 Å². The zero-order valence-electron chi connectivity index (χ0n) is 13.6. The van der Waals surface area contributed by atoms with Crippen molar-refractivity contribution in [2.45, 2.75) is 30.4 Å². The number of carbonyl (C=O) groups excluding carboxylic acids is 1. The number of hydrogen-bond donors (Lipinski definition) is 3. The highest BCUT2D eigenvalue weighted by atomic mass is 32.2. The summed E-state index contributed by atoms with van der Waals surface area (Å²) in [6.45, 7) is 1.24. The summed E-state index contributed by atoms with van der Waals surface area (Å²) in [7, 11) is -3.73. The lowest BCUT2D eigenvalue weighted by Crippen LogP contribution is -2.32. The fourth-order valence-electron chi connectivity index (χ4n) is 2.56. The summed E-state index contributed by atoms with van der Waals surface area (Å²) in [4.78, 5) is 12.3. The Bertz CT molecular complexity index is 814. The van der Waals surface area contributed by atoms with Gasteiger partial charge in [-0.1, -0.05) is 6.07 Å². The first-order chi connectivity index (χ1) is 12.0. The van der Waals surface area contributed by atoms with E-state index in [1.165, 1.54) is 12.1 Å². The molecule has 25 heavy (non-hydrogen) atoms. The molecule has 0 radical (unpaired) electrons. The average Bonchev–Trinajstić information content (AvgIpc) is 3.31. The molecule has 1 aromatic carbocycles. The number of rotatable bonds is 7. The van der Waals surface area contributed by atoms with Gasteiger partial charge in [0, 0.05) is 24.9 Å². The predicted molar refractivity (Wildman–Crippen MR) is 90.4 cm³/mol. The number of benzene rings is 1. The Morgan fingerprint density at radius 2 is 2.24 bits per heavy atom. The van der Waals surface area contributed by atoms with Gasteiger partial charge in [-0.15, -0.1) is 0 Å². The van der Waals surface area contributed by atoms with E-state index in [1.807, 2.05) is 0 Å². The van der Waals surface area contributed by atoms with Gasteiger partial charge in [0.15, 0.2) is 0 Å². The van der Waals surface area contributed by atoms with Crippen LogP contribution in [0.4, 0.5) is 0 Å². The fourth-order valence-corrected chi connectivity index (χ4v) is 3.61. The minimum atomic E-state index is -3.73. The SMILES string of the molecule is O=C(NCC1CCCO1)c1cccc(S(=O)(=O)NCc2ccn[nH]2)c1. The largest absolute Gasteiger partial charge is 0.376 e. The number of aromatic nitrogens is 2. The van der Waals surface area contributed by atoms with Crippen LogP contribution in [-0.2, 0) is 21.3 Å². The van der Waals surface area contributed by atoms with E-state index >= 15 is 0 Å². The first-order valence-electron chi connectivity index (χ1n) is 8.02. The standard InChI is InChI=1S/C16H20N4O4S/c21-16(17-11-14-4-2-8-24-14)12-3-1-5-15(9-12)25(22,23)19-10-13-6-7-18-20-13/h1,3,5-7,9,14,19H,2,4,8,10-11H2,(H,17,21)(H,18,20). The van der Waals surface area contributed by atoms with E-state index < -0.39 is 10.0 Å². The lowest BCUT2D eigenvalue weighted by molar-refractivity contribution is 0.0857. The van der Waals surface area contributed by atoms with E-state index in [0.717, 1.165) is 19.4 Å². The second kappa shape index (κ2) is 7.77. The van der Waals surface area contributed by atoms with Gasteiger partial charge in [-0.3, -0.25) is 9.89 Å². The van der Waals surface area contributed by atoms with Crippen molar-refractivity contribution in [3.05, 3.63) is 47.8 Å². The monoisotopic (exact) mass is 364 g/mol. The van der Waals surface area contributed by atoms with Crippen LogP contribution in [0.1, 0.15) is 28.9 Å². The van der Waals surface area contributed by atoms with Crippen LogP contribution in [0.15, 0.2) is 41.4 Å². The highest BCUT2D eigenvalue weighted by molar-refractivity contribution is 7.89. The number of ether oxygens (including phenoxy) is 1. The molecule has 1 aromatic heterocycles. The van der Waals surface area contributed by atoms with Crippen molar-refractivity contribution in [2.24, 2.45) is 0 Å². The molecule has 3 N–H and O–H groups in total. The topological polar surface area (TPSA) is 113 Å². The van der Waals surface area contributed by atoms with Crippen LogP contribution in [0.2, 0.25) is 0 Å². The summed E-state index contributed by atoms with van der Waals surface area (Å²) in [5.74, 6) is -0.318. The van der Waals surface area contributed by atoms with Crippen LogP contribution < -0.4 is 10.0 Å². The first kappa shape index (κ1) is 17.6. The van der Waals surface area contributed by atoms with Crippen molar-refractivity contribution in [1.82, 2.24) is 20.2 Å². The molecule has 0 saturated carbocycles. The van der Waals surface area contributed by atoms with E-state index in [0.29, 0.717) is 17.8 Å². The number of nitrogens with one attached hydrogen (secondary N) is 3. The highest BCUT2D eigenvalue weighted by Crippen LogP contribution is 2.13. The summed E-state index contributed by atoms with van der Waals surface area (Å²) >= 11 is 0. The number of aromatic amines is 1. The second-order valence-electron chi connectivity index (χ2n) is 5.78. The van der Waals surface area contributed by atoms with E-state index in [1.54, 1.807) is 24.4 Å². The molecule has 1 aliphatic rings. The van der Waals surface area contributed by atoms with E-state index in [-0.39, 0.29) is 23.5 Å². The molecule has 0 spiro atoms. The van der Waals surface area contributed by atoms with Gasteiger partial charge >= 0.3 is 0 Å². The Kier molecular flexibility index (Phi) is 5.47. The van der Waals surface area contributed by atoms with Gasteiger partial charge in [0.2, 0.25) is 10.0 Å². The molecule has 1 fully saturated rings. The van der Waals surface area contributed by atoms with Gasteiger partial charge in [0.25, 0.3) is 5.91 Å². The van der Waals surface area contributed by atoms with Gasteiger partial charge < -0.3 is 10.1 Å².